The lowest BCUT2D eigenvalue weighted by atomic mass is 9.98. The largest absolute Gasteiger partial charge is 0.480 e. The van der Waals surface area contributed by atoms with Gasteiger partial charge in [-0.25, -0.2) is 9.59 Å². The van der Waals surface area contributed by atoms with Gasteiger partial charge in [-0.15, -0.1) is 0 Å². The zero-order chi connectivity index (χ0) is 23.4. The molecule has 4 rings (SSSR count). The Labute approximate surface area is 197 Å². The third-order valence-electron chi connectivity index (χ3n) is 5.94. The standard InChI is InChI=1S/C26H25ClN2O4/c1-29(18-8-6-7-17(27)15-18)14-13-24(25(30)31)28-26(32)33-16-23-21-11-4-2-9-19(21)20-10-3-5-12-22(20)23/h2-12,15,23-24H,13-14,16H2,1H3,(H,28,32)(H,30,31)/t24-/m0/s1. The van der Waals surface area contributed by atoms with Crippen molar-refractivity contribution in [2.75, 3.05) is 25.1 Å². The number of alkyl carbamates (subject to hydrolysis) is 1. The highest BCUT2D eigenvalue weighted by molar-refractivity contribution is 6.30. The zero-order valence-electron chi connectivity index (χ0n) is 18.2. The van der Waals surface area contributed by atoms with Gasteiger partial charge in [0.25, 0.3) is 0 Å². The molecule has 0 aromatic heterocycles. The molecule has 0 heterocycles. The van der Waals surface area contributed by atoms with E-state index in [1.54, 1.807) is 12.1 Å². The van der Waals surface area contributed by atoms with Gasteiger partial charge in [0.1, 0.15) is 12.6 Å². The van der Waals surface area contributed by atoms with E-state index >= 15 is 0 Å². The van der Waals surface area contributed by atoms with Crippen LogP contribution in [0, 0.1) is 0 Å². The SMILES string of the molecule is CN(CC[C@H](NC(=O)OCC1c2ccccc2-c2ccccc21)C(=O)O)c1cccc(Cl)c1. The molecule has 1 aliphatic rings. The van der Waals surface area contributed by atoms with E-state index in [9.17, 15) is 14.7 Å². The summed E-state index contributed by atoms with van der Waals surface area (Å²) in [6.45, 7) is 0.551. The van der Waals surface area contributed by atoms with Crippen molar-refractivity contribution in [3.8, 4) is 11.1 Å². The average Bonchev–Trinajstić information content (AvgIpc) is 3.13. The van der Waals surface area contributed by atoms with E-state index in [2.05, 4.69) is 17.4 Å². The van der Waals surface area contributed by atoms with Gasteiger partial charge in [-0.3, -0.25) is 0 Å². The van der Waals surface area contributed by atoms with E-state index < -0.39 is 18.1 Å². The monoisotopic (exact) mass is 464 g/mol. The zero-order valence-corrected chi connectivity index (χ0v) is 19.0. The Morgan fingerprint density at radius 3 is 2.27 bits per heavy atom. The lowest BCUT2D eigenvalue weighted by Crippen LogP contribution is -2.43. The first-order valence-corrected chi connectivity index (χ1v) is 11.1. The molecule has 3 aromatic carbocycles. The lowest BCUT2D eigenvalue weighted by molar-refractivity contribution is -0.139. The molecule has 3 aromatic rings. The van der Waals surface area contributed by atoms with Crippen LogP contribution in [0.4, 0.5) is 10.5 Å². The number of fused-ring (bicyclic) bond motifs is 3. The van der Waals surface area contributed by atoms with Crippen LogP contribution in [0.1, 0.15) is 23.5 Å². The van der Waals surface area contributed by atoms with Crippen molar-refractivity contribution in [1.82, 2.24) is 5.32 Å². The number of carbonyl (C=O) groups excluding carboxylic acids is 1. The van der Waals surface area contributed by atoms with Crippen LogP contribution in [0.5, 0.6) is 0 Å². The number of nitrogens with zero attached hydrogens (tertiary/aromatic N) is 1. The molecule has 0 bridgehead atoms. The van der Waals surface area contributed by atoms with Gasteiger partial charge in [-0.05, 0) is 46.9 Å². The quantitative estimate of drug-likeness (QED) is 0.481. The minimum atomic E-state index is -1.11. The van der Waals surface area contributed by atoms with Gasteiger partial charge in [0.05, 0.1) is 0 Å². The number of nitrogens with one attached hydrogen (secondary N) is 1. The first-order chi connectivity index (χ1) is 15.9. The number of carbonyl (C=O) groups is 2. The maximum absolute atomic E-state index is 12.5. The van der Waals surface area contributed by atoms with E-state index in [-0.39, 0.29) is 18.9 Å². The van der Waals surface area contributed by atoms with Crippen LogP contribution in [0.25, 0.3) is 11.1 Å². The fourth-order valence-electron chi connectivity index (χ4n) is 4.21. The molecule has 0 saturated carbocycles. The number of amides is 1. The van der Waals surface area contributed by atoms with Crippen molar-refractivity contribution in [3.63, 3.8) is 0 Å². The molecule has 1 atom stereocenters. The first-order valence-electron chi connectivity index (χ1n) is 10.7. The number of ether oxygens (including phenoxy) is 1. The maximum atomic E-state index is 12.5. The summed E-state index contributed by atoms with van der Waals surface area (Å²) in [5.74, 6) is -1.19. The van der Waals surface area contributed by atoms with Gasteiger partial charge in [-0.1, -0.05) is 66.2 Å². The van der Waals surface area contributed by atoms with Crippen LogP contribution in [0.3, 0.4) is 0 Å². The van der Waals surface area contributed by atoms with Crippen LogP contribution in [0.2, 0.25) is 5.02 Å². The smallest absolute Gasteiger partial charge is 0.407 e. The minimum Gasteiger partial charge on any atom is -0.480 e. The second kappa shape index (κ2) is 9.96. The molecule has 0 spiro atoms. The summed E-state index contributed by atoms with van der Waals surface area (Å²) in [5.41, 5.74) is 5.34. The highest BCUT2D eigenvalue weighted by Crippen LogP contribution is 2.44. The van der Waals surface area contributed by atoms with Crippen LogP contribution in [0.15, 0.2) is 72.8 Å². The summed E-state index contributed by atoms with van der Waals surface area (Å²) < 4.78 is 5.48. The Hall–Kier alpha value is -3.51. The first kappa shape index (κ1) is 22.7. The third-order valence-corrected chi connectivity index (χ3v) is 6.17. The Bertz CT molecular complexity index is 1120. The molecule has 1 aliphatic carbocycles. The van der Waals surface area contributed by atoms with E-state index in [0.717, 1.165) is 27.9 Å². The molecule has 1 amide bonds. The van der Waals surface area contributed by atoms with Crippen molar-refractivity contribution in [3.05, 3.63) is 88.9 Å². The van der Waals surface area contributed by atoms with Gasteiger partial charge >= 0.3 is 12.1 Å². The fraction of sp³-hybridized carbons (Fsp3) is 0.231. The summed E-state index contributed by atoms with van der Waals surface area (Å²) in [5, 5.41) is 12.7. The van der Waals surface area contributed by atoms with Crippen LogP contribution < -0.4 is 10.2 Å². The van der Waals surface area contributed by atoms with Crippen molar-refractivity contribution in [1.29, 1.82) is 0 Å². The molecule has 0 saturated heterocycles. The van der Waals surface area contributed by atoms with Crippen molar-refractivity contribution in [2.24, 2.45) is 0 Å². The predicted octanol–water partition coefficient (Wildman–Crippen LogP) is 5.16. The molecule has 33 heavy (non-hydrogen) atoms. The van der Waals surface area contributed by atoms with Crippen LogP contribution in [-0.4, -0.2) is 43.4 Å². The lowest BCUT2D eigenvalue weighted by Gasteiger charge is -2.22. The molecule has 6 nitrogen and oxygen atoms in total. The number of benzene rings is 3. The Morgan fingerprint density at radius 2 is 1.67 bits per heavy atom. The fourth-order valence-corrected chi connectivity index (χ4v) is 4.39. The van der Waals surface area contributed by atoms with Gasteiger partial charge in [0.15, 0.2) is 0 Å². The average molecular weight is 465 g/mol. The van der Waals surface area contributed by atoms with E-state index in [1.165, 1.54) is 0 Å². The summed E-state index contributed by atoms with van der Waals surface area (Å²) in [4.78, 5) is 26.1. The normalized spacial score (nSPS) is 13.0. The molecule has 0 fully saturated rings. The Morgan fingerprint density at radius 1 is 1.03 bits per heavy atom. The predicted molar refractivity (Wildman–Crippen MR) is 129 cm³/mol. The molecule has 170 valence electrons. The van der Waals surface area contributed by atoms with Crippen LogP contribution in [-0.2, 0) is 9.53 Å². The van der Waals surface area contributed by atoms with E-state index in [1.807, 2.05) is 60.5 Å². The maximum Gasteiger partial charge on any atom is 0.407 e. The highest BCUT2D eigenvalue weighted by atomic mass is 35.5. The molecular formula is C26H25ClN2O4. The van der Waals surface area contributed by atoms with E-state index in [4.69, 9.17) is 16.3 Å². The van der Waals surface area contributed by atoms with Crippen molar-refractivity contribution in [2.45, 2.75) is 18.4 Å². The molecule has 2 N–H and O–H groups in total. The number of carboxylic acids is 1. The Kier molecular flexibility index (Phi) is 6.84. The third kappa shape index (κ3) is 5.12. The van der Waals surface area contributed by atoms with Crippen LogP contribution >= 0.6 is 11.6 Å². The van der Waals surface area contributed by atoms with Gasteiger partial charge < -0.3 is 20.1 Å². The summed E-state index contributed by atoms with van der Waals surface area (Å²) in [7, 11) is 1.85. The molecule has 0 radical (unpaired) electrons. The number of anilines is 1. The Balaban J connectivity index is 1.36. The topological polar surface area (TPSA) is 78.9 Å². The molecule has 0 unspecified atom stereocenters. The number of halogens is 1. The van der Waals surface area contributed by atoms with Gasteiger partial charge in [-0.2, -0.15) is 0 Å². The van der Waals surface area contributed by atoms with Crippen molar-refractivity contribution >= 4 is 29.4 Å². The minimum absolute atomic E-state index is 0.0830. The number of aliphatic carboxylic acids is 1. The second-order valence-electron chi connectivity index (χ2n) is 8.05. The molecular weight excluding hydrogens is 440 g/mol. The second-order valence-corrected chi connectivity index (χ2v) is 8.49. The molecule has 7 heteroatoms. The number of carboxylic acid groups (broad SMARTS) is 1. The summed E-state index contributed by atoms with van der Waals surface area (Å²) >= 11 is 6.03. The number of hydrogen-bond donors (Lipinski definition) is 2. The molecule has 0 aliphatic heterocycles. The van der Waals surface area contributed by atoms with Gasteiger partial charge in [0.2, 0.25) is 0 Å². The summed E-state index contributed by atoms with van der Waals surface area (Å²) in [6, 6.07) is 22.3. The van der Waals surface area contributed by atoms with E-state index in [0.29, 0.717) is 11.6 Å². The number of rotatable bonds is 8. The van der Waals surface area contributed by atoms with Gasteiger partial charge in [0, 0.05) is 30.2 Å². The number of hydrogen-bond acceptors (Lipinski definition) is 4. The van der Waals surface area contributed by atoms with Crippen molar-refractivity contribution < 1.29 is 19.4 Å². The highest BCUT2D eigenvalue weighted by Gasteiger charge is 2.29. The summed E-state index contributed by atoms with van der Waals surface area (Å²) in [6.07, 6.45) is -0.530.